The Kier molecular flexibility index (Phi) is 17.1. The van der Waals surface area contributed by atoms with Crippen LogP contribution in [0.4, 0.5) is 24.0 Å². The minimum absolute atomic E-state index is 0. The minimum Gasteiger partial charge on any atom is -0.512 e. The molecule has 21 nitrogen and oxygen atoms in total. The first-order chi connectivity index (χ1) is 21.6. The Labute approximate surface area is 299 Å². The number of rotatable bonds is 3. The first-order valence-corrected chi connectivity index (χ1v) is 15.3. The molecule has 0 aromatic heterocycles. The Balaban J connectivity index is 0.000000318. The predicted octanol–water partition coefficient (Wildman–Crippen LogP) is -0.858. The summed E-state index contributed by atoms with van der Waals surface area (Å²) in [6.45, 7) is 15.4. The maximum absolute atomic E-state index is 10.8. The summed E-state index contributed by atoms with van der Waals surface area (Å²) in [6, 6.07) is 0. The molecular formula is C21H18Cl3N2NaO19S. The maximum Gasteiger partial charge on any atom is 1.00 e. The summed E-state index contributed by atoms with van der Waals surface area (Å²) in [5, 5.41) is 6.25. The molecular weight excluding hydrogens is 746 g/mol. The molecule has 0 N–H and O–H groups in total. The monoisotopic (exact) mass is 762 g/mol. The van der Waals surface area contributed by atoms with Gasteiger partial charge in [0.05, 0.1) is 0 Å². The van der Waals surface area contributed by atoms with Gasteiger partial charge in [0.25, 0.3) is 12.0 Å². The standard InChI is InChI=1S/C8H7NO5.C6H5ClO6.C6H6O6.CN.Cl2O2S.Na/c1-4-11-3-5(12-4)6-7(9-2)14-8(10)13-6;7-4-3(12-6(9)13-4)2-1-10-5(8)11-2;7-5-9-1-3(11-5)4-2-10-6(8)12-4;1-2;1-5(2,3)4;/h5-7H,1,3H2;2-4H,1H2;3-4H,1-2H2;;;/q;;;-1;;+1. The molecule has 8 unspecified atom stereocenters. The SMILES string of the molecule is O=C1OCC(C2COC(=O)O2)O1.O=C1OCC(C2OC(=O)OC2Cl)O1.O=S(=O)(Cl)Cl.[C-]#N.[C-]#[N+]C1OC(=O)OC1C1COC(=C)O1.[Na+]. The van der Waals surface area contributed by atoms with Crippen molar-refractivity contribution < 1.29 is 119 Å². The van der Waals surface area contributed by atoms with Gasteiger partial charge in [-0.25, -0.2) is 30.5 Å². The molecule has 0 aliphatic carbocycles. The molecule has 0 aromatic rings. The second-order valence-corrected chi connectivity index (χ2v) is 12.2. The van der Waals surface area contributed by atoms with E-state index in [2.05, 4.69) is 75.4 Å². The van der Waals surface area contributed by atoms with Crippen molar-refractivity contribution in [1.82, 2.24) is 0 Å². The number of hydrogen-bond donors (Lipinski definition) is 0. The largest absolute Gasteiger partial charge is 1.00 e. The van der Waals surface area contributed by atoms with E-state index in [1.807, 2.05) is 0 Å². The van der Waals surface area contributed by atoms with Crippen LogP contribution >= 0.6 is 33.0 Å². The zero-order chi connectivity index (χ0) is 34.6. The first kappa shape index (κ1) is 41.5. The molecule has 0 aromatic carbocycles. The summed E-state index contributed by atoms with van der Waals surface area (Å²) in [6.07, 6.45) is -8.70. The van der Waals surface area contributed by atoms with Gasteiger partial charge in [0.15, 0.2) is 30.5 Å². The molecule has 254 valence electrons. The summed E-state index contributed by atoms with van der Waals surface area (Å²) in [5.41, 5.74) is -0.938. The van der Waals surface area contributed by atoms with Gasteiger partial charge in [-0.2, -0.15) is 8.42 Å². The number of carbonyl (C=O) groups excluding carboxylic acids is 5. The van der Waals surface area contributed by atoms with Crippen LogP contribution in [-0.4, -0.2) is 114 Å². The van der Waals surface area contributed by atoms with Crippen LogP contribution in [0, 0.1) is 18.4 Å². The van der Waals surface area contributed by atoms with E-state index in [0.717, 1.165) is 0 Å². The number of ether oxygens (including phenoxy) is 12. The van der Waals surface area contributed by atoms with Gasteiger partial charge >= 0.3 is 74.8 Å². The summed E-state index contributed by atoms with van der Waals surface area (Å²) < 4.78 is 74.4. The van der Waals surface area contributed by atoms with Crippen LogP contribution in [0.1, 0.15) is 0 Å². The van der Waals surface area contributed by atoms with Crippen molar-refractivity contribution in [3.8, 4) is 0 Å². The minimum atomic E-state index is -3.72. The van der Waals surface area contributed by atoms with Gasteiger partial charge in [0.1, 0.15) is 26.4 Å². The van der Waals surface area contributed by atoms with E-state index in [0.29, 0.717) is 0 Å². The number of nitrogens with zero attached hydrogens (tertiary/aromatic N) is 2. The normalized spacial score (nSPS) is 30.8. The fourth-order valence-corrected chi connectivity index (χ4v) is 3.73. The van der Waals surface area contributed by atoms with E-state index < -0.39 is 87.5 Å². The summed E-state index contributed by atoms with van der Waals surface area (Å²) in [4.78, 5) is 55.9. The molecule has 6 aliphatic heterocycles. The van der Waals surface area contributed by atoms with E-state index >= 15 is 0 Å². The molecule has 47 heavy (non-hydrogen) atoms. The van der Waals surface area contributed by atoms with Crippen molar-refractivity contribution in [3.63, 3.8) is 0 Å². The summed E-state index contributed by atoms with van der Waals surface area (Å²) >= 11 is 5.59. The third-order valence-electron chi connectivity index (χ3n) is 5.24. The number of cyclic esters (lactones) is 10. The summed E-state index contributed by atoms with van der Waals surface area (Å²) in [7, 11) is 4.81. The topological polar surface area (TPSA) is 258 Å². The van der Waals surface area contributed by atoms with Crippen LogP contribution in [0.15, 0.2) is 12.5 Å². The Morgan fingerprint density at radius 2 is 1.02 bits per heavy atom. The van der Waals surface area contributed by atoms with E-state index in [4.69, 9.17) is 52.6 Å². The zero-order valence-electron chi connectivity index (χ0n) is 23.3. The van der Waals surface area contributed by atoms with Crippen LogP contribution in [0.2, 0.25) is 0 Å². The zero-order valence-corrected chi connectivity index (χ0v) is 28.4. The number of alkyl halides is 1. The smallest absolute Gasteiger partial charge is 0.512 e. The Morgan fingerprint density at radius 1 is 0.638 bits per heavy atom. The van der Waals surface area contributed by atoms with E-state index in [-0.39, 0.29) is 61.9 Å². The van der Waals surface area contributed by atoms with Gasteiger partial charge in [0.2, 0.25) is 5.56 Å². The van der Waals surface area contributed by atoms with Crippen molar-refractivity contribution in [2.75, 3.05) is 26.4 Å². The van der Waals surface area contributed by atoms with Gasteiger partial charge in [0, 0.05) is 21.4 Å². The number of carbonyl (C=O) groups is 5. The van der Waals surface area contributed by atoms with Crippen LogP contribution in [-0.2, 0) is 65.1 Å². The van der Waals surface area contributed by atoms with Gasteiger partial charge in [-0.1, -0.05) is 11.6 Å². The van der Waals surface area contributed by atoms with Crippen molar-refractivity contribution in [3.05, 3.63) is 30.5 Å². The Hall–Kier alpha value is -3.51. The van der Waals surface area contributed by atoms with Gasteiger partial charge < -0.3 is 68.7 Å². The van der Waals surface area contributed by atoms with Crippen molar-refractivity contribution in [1.29, 1.82) is 5.26 Å². The van der Waals surface area contributed by atoms with Crippen LogP contribution in [0.25, 0.3) is 4.85 Å². The van der Waals surface area contributed by atoms with Crippen LogP contribution in [0.3, 0.4) is 0 Å². The molecule has 0 amide bonds. The van der Waals surface area contributed by atoms with Crippen molar-refractivity contribution >= 4 is 72.0 Å². The molecule has 6 aliphatic rings. The molecule has 8 atom stereocenters. The second kappa shape index (κ2) is 19.3. The molecule has 0 bridgehead atoms. The molecule has 6 rings (SSSR count). The molecule has 6 heterocycles. The van der Waals surface area contributed by atoms with Crippen molar-refractivity contribution in [2.45, 2.75) is 48.4 Å². The molecule has 0 radical (unpaired) electrons. The van der Waals surface area contributed by atoms with E-state index in [1.54, 1.807) is 0 Å². The van der Waals surface area contributed by atoms with E-state index in [9.17, 15) is 24.0 Å². The average molecular weight is 764 g/mol. The van der Waals surface area contributed by atoms with Crippen molar-refractivity contribution in [2.24, 2.45) is 0 Å². The predicted molar refractivity (Wildman–Crippen MR) is 137 cm³/mol. The number of halogens is 3. The fourth-order valence-electron chi connectivity index (χ4n) is 3.45. The van der Waals surface area contributed by atoms with Crippen LogP contribution in [0.5, 0.6) is 0 Å². The van der Waals surface area contributed by atoms with Crippen LogP contribution < -0.4 is 29.6 Å². The second-order valence-electron chi connectivity index (χ2n) is 8.14. The first-order valence-electron chi connectivity index (χ1n) is 11.7. The van der Waals surface area contributed by atoms with E-state index in [1.165, 1.54) is 0 Å². The third-order valence-corrected chi connectivity index (χ3v) is 5.57. The molecule has 0 saturated carbocycles. The molecule has 6 fully saturated rings. The maximum atomic E-state index is 10.8. The quantitative estimate of drug-likeness (QED) is 0.0846. The van der Waals surface area contributed by atoms with Gasteiger partial charge in [-0.05, 0) is 6.58 Å². The fraction of sp³-hybridized carbons (Fsp3) is 0.571. The Bertz CT molecular complexity index is 1310. The molecule has 6 saturated heterocycles. The van der Waals surface area contributed by atoms with Gasteiger partial charge in [-0.15, -0.1) is 0 Å². The molecule has 0 spiro atoms. The third kappa shape index (κ3) is 14.0. The summed E-state index contributed by atoms with van der Waals surface area (Å²) in [5.74, 6) is 0.168. The number of hydrogen-bond acceptors (Lipinski definition) is 20. The Morgan fingerprint density at radius 3 is 1.36 bits per heavy atom. The average Bonchev–Trinajstić information content (AvgIpc) is 3.82. The molecule has 26 heteroatoms. The van der Waals surface area contributed by atoms with Gasteiger partial charge in [-0.3, -0.25) is 4.85 Å².